The van der Waals surface area contributed by atoms with Crippen LogP contribution in [-0.4, -0.2) is 35.4 Å². The molecule has 0 aliphatic heterocycles. The number of anilines is 1. The van der Waals surface area contributed by atoms with Gasteiger partial charge in [0.05, 0.1) is 12.8 Å². The monoisotopic (exact) mass is 170 g/mol. The summed E-state index contributed by atoms with van der Waals surface area (Å²) in [6, 6.07) is 0. The highest BCUT2D eigenvalue weighted by Crippen LogP contribution is 1.91. The molecule has 1 rings (SSSR count). The molecule has 0 aliphatic carbocycles. The van der Waals surface area contributed by atoms with Gasteiger partial charge in [-0.3, -0.25) is 0 Å². The highest BCUT2D eigenvalue weighted by molar-refractivity contribution is 5.28. The standard InChI is InChI=1S/C6H10N4O2/c1-12-3-2-7-5-4-8-10-6(11)9-5/h4H,2-3H2,1H3,(H2,7,9,10,11). The van der Waals surface area contributed by atoms with Crippen LogP contribution in [0.3, 0.4) is 0 Å². The number of methoxy groups -OCH3 is 1. The van der Waals surface area contributed by atoms with Crippen LogP contribution in [0.2, 0.25) is 0 Å². The first kappa shape index (κ1) is 8.66. The largest absolute Gasteiger partial charge is 0.383 e. The van der Waals surface area contributed by atoms with Gasteiger partial charge in [0.1, 0.15) is 0 Å². The average molecular weight is 170 g/mol. The SMILES string of the molecule is COCCNc1cn[nH]c(=O)n1. The van der Waals surface area contributed by atoms with E-state index in [-0.39, 0.29) is 0 Å². The lowest BCUT2D eigenvalue weighted by molar-refractivity contribution is 0.210. The van der Waals surface area contributed by atoms with E-state index < -0.39 is 5.69 Å². The molecule has 1 aromatic rings. The number of H-pyrrole nitrogens is 1. The van der Waals surface area contributed by atoms with E-state index in [1.54, 1.807) is 7.11 Å². The molecule has 66 valence electrons. The molecule has 12 heavy (non-hydrogen) atoms. The van der Waals surface area contributed by atoms with Gasteiger partial charge in [-0.2, -0.15) is 10.1 Å². The van der Waals surface area contributed by atoms with Crippen LogP contribution in [0.4, 0.5) is 5.82 Å². The van der Waals surface area contributed by atoms with Gasteiger partial charge in [0.2, 0.25) is 0 Å². The van der Waals surface area contributed by atoms with Gasteiger partial charge in [-0.15, -0.1) is 0 Å². The summed E-state index contributed by atoms with van der Waals surface area (Å²) in [4.78, 5) is 14.2. The predicted octanol–water partition coefficient (Wildman–Crippen LogP) is -0.777. The van der Waals surface area contributed by atoms with Crippen molar-refractivity contribution in [3.63, 3.8) is 0 Å². The Morgan fingerprint density at radius 1 is 1.75 bits per heavy atom. The van der Waals surface area contributed by atoms with Crippen LogP contribution in [0.1, 0.15) is 0 Å². The van der Waals surface area contributed by atoms with Crippen LogP contribution in [0, 0.1) is 0 Å². The molecule has 6 heteroatoms. The maximum absolute atomic E-state index is 10.6. The average Bonchev–Trinajstić information content (AvgIpc) is 2.05. The number of nitrogens with zero attached hydrogens (tertiary/aromatic N) is 2. The Labute approximate surface area is 69.0 Å². The number of hydrogen-bond donors (Lipinski definition) is 2. The van der Waals surface area contributed by atoms with E-state index in [0.717, 1.165) is 0 Å². The van der Waals surface area contributed by atoms with E-state index >= 15 is 0 Å². The molecule has 0 amide bonds. The van der Waals surface area contributed by atoms with E-state index in [0.29, 0.717) is 19.0 Å². The van der Waals surface area contributed by atoms with Crippen LogP contribution in [-0.2, 0) is 4.74 Å². The van der Waals surface area contributed by atoms with Crippen LogP contribution in [0.5, 0.6) is 0 Å². The van der Waals surface area contributed by atoms with Gasteiger partial charge in [0, 0.05) is 13.7 Å². The molecule has 0 atom stereocenters. The number of ether oxygens (including phenoxy) is 1. The van der Waals surface area contributed by atoms with Crippen LogP contribution < -0.4 is 11.0 Å². The maximum atomic E-state index is 10.6. The summed E-state index contributed by atoms with van der Waals surface area (Å²) in [5.74, 6) is 0.454. The summed E-state index contributed by atoms with van der Waals surface area (Å²) in [7, 11) is 1.60. The first-order valence-corrected chi connectivity index (χ1v) is 3.47. The minimum absolute atomic E-state index is 0.454. The van der Waals surface area contributed by atoms with Crippen molar-refractivity contribution in [1.29, 1.82) is 0 Å². The van der Waals surface area contributed by atoms with Gasteiger partial charge in [-0.05, 0) is 0 Å². The Bertz CT molecular complexity index is 285. The van der Waals surface area contributed by atoms with Crippen molar-refractivity contribution in [2.75, 3.05) is 25.6 Å². The Hall–Kier alpha value is -1.43. The minimum Gasteiger partial charge on any atom is -0.383 e. The predicted molar refractivity (Wildman–Crippen MR) is 43.0 cm³/mol. The van der Waals surface area contributed by atoms with Gasteiger partial charge >= 0.3 is 5.69 Å². The third kappa shape index (κ3) is 2.67. The van der Waals surface area contributed by atoms with Crippen molar-refractivity contribution in [3.8, 4) is 0 Å². The fourth-order valence-corrected chi connectivity index (χ4v) is 0.678. The molecule has 0 aliphatic rings. The molecule has 0 radical (unpaired) electrons. The molecule has 0 spiro atoms. The van der Waals surface area contributed by atoms with E-state index in [1.807, 2.05) is 0 Å². The Morgan fingerprint density at radius 3 is 3.25 bits per heavy atom. The molecule has 1 aromatic heterocycles. The molecule has 1 heterocycles. The fourth-order valence-electron chi connectivity index (χ4n) is 0.678. The molecular formula is C6H10N4O2. The van der Waals surface area contributed by atoms with Gasteiger partial charge in [0.25, 0.3) is 0 Å². The number of aromatic amines is 1. The van der Waals surface area contributed by atoms with Gasteiger partial charge in [-0.25, -0.2) is 9.89 Å². The van der Waals surface area contributed by atoms with E-state index in [2.05, 4.69) is 20.5 Å². The highest BCUT2D eigenvalue weighted by atomic mass is 16.5. The van der Waals surface area contributed by atoms with E-state index in [9.17, 15) is 4.79 Å². The van der Waals surface area contributed by atoms with Crippen molar-refractivity contribution in [2.24, 2.45) is 0 Å². The summed E-state index contributed by atoms with van der Waals surface area (Å²) in [5.41, 5.74) is -0.461. The molecule has 0 fully saturated rings. The van der Waals surface area contributed by atoms with E-state index in [1.165, 1.54) is 6.20 Å². The van der Waals surface area contributed by atoms with Crippen LogP contribution in [0.15, 0.2) is 11.0 Å². The quantitative estimate of drug-likeness (QED) is 0.579. The maximum Gasteiger partial charge on any atom is 0.363 e. The second kappa shape index (κ2) is 4.45. The van der Waals surface area contributed by atoms with Gasteiger partial charge < -0.3 is 10.1 Å². The van der Waals surface area contributed by atoms with Crippen molar-refractivity contribution in [3.05, 3.63) is 16.7 Å². The van der Waals surface area contributed by atoms with Crippen LogP contribution in [0.25, 0.3) is 0 Å². The molecule has 0 saturated heterocycles. The number of rotatable bonds is 4. The first-order chi connectivity index (χ1) is 5.83. The summed E-state index contributed by atoms with van der Waals surface area (Å²) >= 11 is 0. The Balaban J connectivity index is 2.47. The number of aromatic nitrogens is 3. The molecule has 0 saturated carbocycles. The zero-order valence-electron chi connectivity index (χ0n) is 6.70. The normalized spacial score (nSPS) is 9.75. The second-order valence-electron chi connectivity index (χ2n) is 2.09. The lowest BCUT2D eigenvalue weighted by atomic mass is 10.6. The third-order valence-electron chi connectivity index (χ3n) is 1.18. The zero-order valence-corrected chi connectivity index (χ0v) is 6.70. The summed E-state index contributed by atoms with van der Waals surface area (Å²) in [6.07, 6.45) is 1.44. The number of nitrogens with one attached hydrogen (secondary N) is 2. The highest BCUT2D eigenvalue weighted by Gasteiger charge is 1.92. The van der Waals surface area contributed by atoms with Crippen molar-refractivity contribution < 1.29 is 4.74 Å². The zero-order chi connectivity index (χ0) is 8.81. The summed E-state index contributed by atoms with van der Waals surface area (Å²) in [5, 5.41) is 8.60. The molecule has 6 nitrogen and oxygen atoms in total. The summed E-state index contributed by atoms with van der Waals surface area (Å²) < 4.78 is 4.80. The Morgan fingerprint density at radius 2 is 2.58 bits per heavy atom. The molecular weight excluding hydrogens is 160 g/mol. The molecule has 0 unspecified atom stereocenters. The van der Waals surface area contributed by atoms with Gasteiger partial charge in [0.15, 0.2) is 5.82 Å². The summed E-state index contributed by atoms with van der Waals surface area (Å²) in [6.45, 7) is 1.17. The minimum atomic E-state index is -0.461. The molecule has 2 N–H and O–H groups in total. The number of hydrogen-bond acceptors (Lipinski definition) is 5. The second-order valence-corrected chi connectivity index (χ2v) is 2.09. The smallest absolute Gasteiger partial charge is 0.363 e. The fraction of sp³-hybridized carbons (Fsp3) is 0.500. The first-order valence-electron chi connectivity index (χ1n) is 3.47. The van der Waals surface area contributed by atoms with Crippen molar-refractivity contribution in [2.45, 2.75) is 0 Å². The third-order valence-corrected chi connectivity index (χ3v) is 1.18. The lowest BCUT2D eigenvalue weighted by Crippen LogP contribution is -2.16. The lowest BCUT2D eigenvalue weighted by Gasteiger charge is -2.01. The van der Waals surface area contributed by atoms with Crippen LogP contribution >= 0.6 is 0 Å². The van der Waals surface area contributed by atoms with Crippen molar-refractivity contribution in [1.82, 2.24) is 15.2 Å². The van der Waals surface area contributed by atoms with Gasteiger partial charge in [-0.1, -0.05) is 0 Å². The Kier molecular flexibility index (Phi) is 3.21. The van der Waals surface area contributed by atoms with E-state index in [4.69, 9.17) is 4.74 Å². The molecule has 0 bridgehead atoms. The van der Waals surface area contributed by atoms with Crippen molar-refractivity contribution >= 4 is 5.82 Å². The topological polar surface area (TPSA) is 79.9 Å². The molecule has 0 aromatic carbocycles.